The minimum Gasteiger partial charge on any atom is -0.324 e. The Bertz CT molecular complexity index is 1200. The average molecular weight is 466 g/mol. The zero-order valence-electron chi connectivity index (χ0n) is 19.7. The lowest BCUT2D eigenvalue weighted by atomic mass is 10.1. The van der Waals surface area contributed by atoms with Gasteiger partial charge in [-0.25, -0.2) is 0 Å². The number of hydrogen-bond acceptors (Lipinski definition) is 9. The standard InChI is InChI=1S/C26H27N9/c1-3-22(19-10-14-27-15-11-19)32-34-24-18-25(31-26(30-24)29-21-8-6-5-7-9-21)35-33-23(4-2)20-12-16-28-17-13-20/h5-18H,3-4H2,1-2H3,(H3,29,30,31,34,35). The molecule has 0 bridgehead atoms. The third kappa shape index (κ3) is 6.67. The van der Waals surface area contributed by atoms with Crippen molar-refractivity contribution in [3.05, 3.63) is 96.6 Å². The molecule has 3 N–H and O–H groups in total. The van der Waals surface area contributed by atoms with E-state index in [9.17, 15) is 0 Å². The van der Waals surface area contributed by atoms with Crippen LogP contribution in [-0.2, 0) is 0 Å². The molecular weight excluding hydrogens is 438 g/mol. The molecule has 9 nitrogen and oxygen atoms in total. The molecule has 0 aliphatic carbocycles. The predicted octanol–water partition coefficient (Wildman–Crippen LogP) is 5.46. The maximum absolute atomic E-state index is 4.58. The van der Waals surface area contributed by atoms with Gasteiger partial charge >= 0.3 is 0 Å². The lowest BCUT2D eigenvalue weighted by Gasteiger charge is -2.11. The summed E-state index contributed by atoms with van der Waals surface area (Å²) in [7, 11) is 0. The zero-order valence-corrected chi connectivity index (χ0v) is 19.7. The van der Waals surface area contributed by atoms with E-state index in [-0.39, 0.29) is 0 Å². The van der Waals surface area contributed by atoms with Gasteiger partial charge in [-0.3, -0.25) is 20.8 Å². The number of nitrogens with zero attached hydrogens (tertiary/aromatic N) is 6. The van der Waals surface area contributed by atoms with Crippen molar-refractivity contribution in [2.75, 3.05) is 16.2 Å². The van der Waals surface area contributed by atoms with Crippen molar-refractivity contribution in [2.24, 2.45) is 10.2 Å². The van der Waals surface area contributed by atoms with E-state index < -0.39 is 0 Å². The van der Waals surface area contributed by atoms with Gasteiger partial charge in [-0.05, 0) is 49.2 Å². The smallest absolute Gasteiger partial charge is 0.231 e. The van der Waals surface area contributed by atoms with E-state index in [1.807, 2.05) is 54.6 Å². The summed E-state index contributed by atoms with van der Waals surface area (Å²) in [5, 5.41) is 12.4. The first-order valence-corrected chi connectivity index (χ1v) is 11.4. The molecule has 0 aliphatic heterocycles. The minimum absolute atomic E-state index is 0.415. The molecule has 0 spiro atoms. The molecule has 0 amide bonds. The van der Waals surface area contributed by atoms with E-state index >= 15 is 0 Å². The van der Waals surface area contributed by atoms with E-state index in [4.69, 9.17) is 0 Å². The third-order valence-electron chi connectivity index (χ3n) is 5.06. The summed E-state index contributed by atoms with van der Waals surface area (Å²) < 4.78 is 0. The first kappa shape index (κ1) is 23.5. The molecular formula is C26H27N9. The molecule has 0 unspecified atom stereocenters. The third-order valence-corrected chi connectivity index (χ3v) is 5.06. The van der Waals surface area contributed by atoms with Crippen molar-refractivity contribution in [3.8, 4) is 0 Å². The van der Waals surface area contributed by atoms with Crippen molar-refractivity contribution >= 4 is 34.7 Å². The Morgan fingerprint density at radius 2 is 1.17 bits per heavy atom. The van der Waals surface area contributed by atoms with Crippen LogP contribution in [0, 0.1) is 0 Å². The summed E-state index contributed by atoms with van der Waals surface area (Å²) in [6.07, 6.45) is 8.50. The number of nitrogens with one attached hydrogen (secondary N) is 3. The van der Waals surface area contributed by atoms with Gasteiger partial charge < -0.3 is 5.32 Å². The molecule has 4 aromatic rings. The second-order valence-corrected chi connectivity index (χ2v) is 7.47. The van der Waals surface area contributed by atoms with Crippen LogP contribution in [0.3, 0.4) is 0 Å². The molecule has 3 aromatic heterocycles. The fourth-order valence-corrected chi connectivity index (χ4v) is 3.30. The number of hydrazone groups is 2. The number of anilines is 4. The number of benzene rings is 1. The molecule has 0 radical (unpaired) electrons. The van der Waals surface area contributed by atoms with Gasteiger partial charge in [-0.2, -0.15) is 20.2 Å². The van der Waals surface area contributed by atoms with Crippen molar-refractivity contribution in [3.63, 3.8) is 0 Å². The van der Waals surface area contributed by atoms with E-state index in [1.54, 1.807) is 30.9 Å². The van der Waals surface area contributed by atoms with Crippen LogP contribution < -0.4 is 16.2 Å². The molecule has 176 valence electrons. The van der Waals surface area contributed by atoms with Crippen molar-refractivity contribution < 1.29 is 0 Å². The second kappa shape index (κ2) is 12.0. The van der Waals surface area contributed by atoms with Crippen molar-refractivity contribution in [1.82, 2.24) is 19.9 Å². The quantitative estimate of drug-likeness (QED) is 0.210. The summed E-state index contributed by atoms with van der Waals surface area (Å²) in [6.45, 7) is 4.10. The average Bonchev–Trinajstić information content (AvgIpc) is 2.91. The monoisotopic (exact) mass is 465 g/mol. The highest BCUT2D eigenvalue weighted by molar-refractivity contribution is 6.01. The van der Waals surface area contributed by atoms with Crippen LogP contribution in [0.5, 0.6) is 0 Å². The van der Waals surface area contributed by atoms with Gasteiger partial charge in [-0.15, -0.1) is 0 Å². The minimum atomic E-state index is 0.415. The van der Waals surface area contributed by atoms with Crippen molar-refractivity contribution in [1.29, 1.82) is 0 Å². The Morgan fingerprint density at radius 1 is 0.686 bits per heavy atom. The van der Waals surface area contributed by atoms with E-state index in [0.717, 1.165) is 41.1 Å². The van der Waals surface area contributed by atoms with Gasteiger partial charge in [0.2, 0.25) is 5.95 Å². The van der Waals surface area contributed by atoms with Crippen LogP contribution in [0.1, 0.15) is 37.8 Å². The first-order chi connectivity index (χ1) is 17.2. The van der Waals surface area contributed by atoms with E-state index in [1.165, 1.54) is 0 Å². The summed E-state index contributed by atoms with van der Waals surface area (Å²) in [5.74, 6) is 1.47. The van der Waals surface area contributed by atoms with Crippen molar-refractivity contribution in [2.45, 2.75) is 26.7 Å². The van der Waals surface area contributed by atoms with Gasteiger partial charge in [0.15, 0.2) is 11.6 Å². The Labute approximate surface area is 204 Å². The number of pyridine rings is 2. The summed E-state index contributed by atoms with van der Waals surface area (Å²) >= 11 is 0. The number of para-hydroxylation sites is 1. The predicted molar refractivity (Wildman–Crippen MR) is 141 cm³/mol. The fraction of sp³-hybridized carbons (Fsp3) is 0.154. The Hall–Kier alpha value is -4.66. The number of aromatic nitrogens is 4. The van der Waals surface area contributed by atoms with Gasteiger partial charge in [0.25, 0.3) is 0 Å². The van der Waals surface area contributed by atoms with Crippen LogP contribution in [0.15, 0.2) is 95.7 Å². The molecule has 0 atom stereocenters. The summed E-state index contributed by atoms with van der Waals surface area (Å²) in [5.41, 5.74) is 10.8. The van der Waals surface area contributed by atoms with Crippen LogP contribution in [0.2, 0.25) is 0 Å². The summed E-state index contributed by atoms with van der Waals surface area (Å²) in [6, 6.07) is 19.2. The zero-order chi connectivity index (χ0) is 24.3. The van der Waals surface area contributed by atoms with Crippen LogP contribution >= 0.6 is 0 Å². The van der Waals surface area contributed by atoms with E-state index in [0.29, 0.717) is 17.6 Å². The molecule has 1 aromatic carbocycles. The van der Waals surface area contributed by atoms with Crippen LogP contribution in [0.4, 0.5) is 23.3 Å². The van der Waals surface area contributed by atoms with E-state index in [2.05, 4.69) is 60.2 Å². The maximum Gasteiger partial charge on any atom is 0.231 e. The van der Waals surface area contributed by atoms with Crippen LogP contribution in [0.25, 0.3) is 0 Å². The number of rotatable bonds is 10. The Kier molecular flexibility index (Phi) is 8.05. The van der Waals surface area contributed by atoms with Gasteiger partial charge in [0.1, 0.15) is 0 Å². The SMILES string of the molecule is CCC(=NNc1cc(NN=C(CC)c2ccncc2)nc(Nc2ccccc2)n1)c1ccncc1. The Morgan fingerprint density at radius 3 is 1.63 bits per heavy atom. The summed E-state index contributed by atoms with van der Waals surface area (Å²) in [4.78, 5) is 17.3. The Balaban J connectivity index is 1.62. The van der Waals surface area contributed by atoms with Crippen LogP contribution in [-0.4, -0.2) is 31.4 Å². The van der Waals surface area contributed by atoms with Gasteiger partial charge in [0.05, 0.1) is 11.4 Å². The maximum atomic E-state index is 4.58. The molecule has 0 fully saturated rings. The van der Waals surface area contributed by atoms with Gasteiger partial charge in [0, 0.05) is 47.7 Å². The molecule has 35 heavy (non-hydrogen) atoms. The molecule has 0 aliphatic rings. The first-order valence-electron chi connectivity index (χ1n) is 11.4. The largest absolute Gasteiger partial charge is 0.324 e. The fourth-order valence-electron chi connectivity index (χ4n) is 3.30. The normalized spacial score (nSPS) is 11.7. The van der Waals surface area contributed by atoms with Gasteiger partial charge in [-0.1, -0.05) is 32.0 Å². The highest BCUT2D eigenvalue weighted by atomic mass is 15.4. The molecule has 0 saturated heterocycles. The molecule has 0 saturated carbocycles. The lowest BCUT2D eigenvalue weighted by molar-refractivity contribution is 1.11. The molecule has 9 heteroatoms. The molecule has 4 rings (SSSR count). The second-order valence-electron chi connectivity index (χ2n) is 7.47. The lowest BCUT2D eigenvalue weighted by Crippen LogP contribution is -2.08. The molecule has 3 heterocycles. The number of hydrogen-bond donors (Lipinski definition) is 3. The highest BCUT2D eigenvalue weighted by Gasteiger charge is 2.08. The topological polar surface area (TPSA) is 112 Å². The highest BCUT2D eigenvalue weighted by Crippen LogP contribution is 2.19.